The molecule has 0 aromatic carbocycles. The van der Waals surface area contributed by atoms with Gasteiger partial charge in [-0.25, -0.2) is 0 Å². The molecular formula is C13H19N7O2. The zero-order valence-electron chi connectivity index (χ0n) is 12.3. The molecule has 0 radical (unpaired) electrons. The molecule has 0 saturated carbocycles. The van der Waals surface area contributed by atoms with Crippen LogP contribution in [0.3, 0.4) is 0 Å². The van der Waals surface area contributed by atoms with E-state index in [4.69, 9.17) is 0 Å². The van der Waals surface area contributed by atoms with Crippen molar-refractivity contribution in [1.82, 2.24) is 25.0 Å². The van der Waals surface area contributed by atoms with Gasteiger partial charge in [-0.3, -0.25) is 19.8 Å². The van der Waals surface area contributed by atoms with Crippen molar-refractivity contribution in [2.45, 2.75) is 13.1 Å². The Morgan fingerprint density at radius 2 is 2.00 bits per heavy atom. The van der Waals surface area contributed by atoms with Crippen LogP contribution in [0.2, 0.25) is 0 Å². The van der Waals surface area contributed by atoms with E-state index in [1.165, 1.54) is 17.1 Å². The van der Waals surface area contributed by atoms with Gasteiger partial charge in [-0.1, -0.05) is 0 Å². The number of nitrogens with zero attached hydrogens (tertiary/aromatic N) is 5. The summed E-state index contributed by atoms with van der Waals surface area (Å²) in [6.45, 7) is 2.69. The predicted octanol–water partition coefficient (Wildman–Crippen LogP) is 0.458. The maximum absolute atomic E-state index is 10.6. The third-order valence-electron chi connectivity index (χ3n) is 3.02. The van der Waals surface area contributed by atoms with Gasteiger partial charge in [0.15, 0.2) is 5.96 Å². The van der Waals surface area contributed by atoms with Crippen LogP contribution in [0.1, 0.15) is 0 Å². The van der Waals surface area contributed by atoms with E-state index in [1.807, 2.05) is 24.5 Å². The van der Waals surface area contributed by atoms with Crippen LogP contribution in [0.25, 0.3) is 0 Å². The summed E-state index contributed by atoms with van der Waals surface area (Å²) in [5, 5.41) is 20.8. The van der Waals surface area contributed by atoms with E-state index < -0.39 is 4.92 Å². The molecule has 0 atom stereocenters. The van der Waals surface area contributed by atoms with Crippen LogP contribution in [0.15, 0.2) is 41.9 Å². The molecule has 0 amide bonds. The summed E-state index contributed by atoms with van der Waals surface area (Å²) in [4.78, 5) is 14.2. The average Bonchev–Trinajstić information content (AvgIpc) is 3.17. The van der Waals surface area contributed by atoms with Crippen LogP contribution in [-0.4, -0.2) is 45.4 Å². The van der Waals surface area contributed by atoms with E-state index in [0.29, 0.717) is 19.0 Å². The van der Waals surface area contributed by atoms with Crippen molar-refractivity contribution in [1.29, 1.82) is 0 Å². The van der Waals surface area contributed by atoms with Crippen molar-refractivity contribution in [3.63, 3.8) is 0 Å². The monoisotopic (exact) mass is 305 g/mol. The molecule has 118 valence electrons. The second-order valence-electron chi connectivity index (χ2n) is 4.57. The topological polar surface area (TPSA) is 102 Å². The van der Waals surface area contributed by atoms with E-state index in [1.54, 1.807) is 7.05 Å². The van der Waals surface area contributed by atoms with Crippen LogP contribution in [0.4, 0.5) is 5.69 Å². The maximum Gasteiger partial charge on any atom is 0.306 e. The minimum atomic E-state index is -0.460. The first-order valence-electron chi connectivity index (χ1n) is 6.91. The lowest BCUT2D eigenvalue weighted by atomic mass is 10.5. The summed E-state index contributed by atoms with van der Waals surface area (Å²) < 4.78 is 3.60. The Labute approximate surface area is 127 Å². The van der Waals surface area contributed by atoms with E-state index in [2.05, 4.69) is 25.3 Å². The van der Waals surface area contributed by atoms with Gasteiger partial charge in [0.25, 0.3) is 0 Å². The van der Waals surface area contributed by atoms with E-state index in [0.717, 1.165) is 13.1 Å². The molecule has 0 fully saturated rings. The van der Waals surface area contributed by atoms with Crippen molar-refractivity contribution in [2.75, 3.05) is 20.1 Å². The van der Waals surface area contributed by atoms with Crippen molar-refractivity contribution in [3.05, 3.63) is 47.0 Å². The molecule has 2 aromatic heterocycles. The van der Waals surface area contributed by atoms with Crippen LogP contribution >= 0.6 is 0 Å². The molecule has 0 aliphatic rings. The fourth-order valence-electron chi connectivity index (χ4n) is 1.90. The summed E-state index contributed by atoms with van der Waals surface area (Å²) in [6, 6.07) is 3.96. The zero-order valence-corrected chi connectivity index (χ0v) is 12.3. The quantitative estimate of drug-likeness (QED) is 0.335. The van der Waals surface area contributed by atoms with Crippen LogP contribution in [0.5, 0.6) is 0 Å². The number of aromatic nitrogens is 3. The largest absolute Gasteiger partial charge is 0.355 e. The molecule has 2 heterocycles. The fourth-order valence-corrected chi connectivity index (χ4v) is 1.90. The number of hydrogen-bond donors (Lipinski definition) is 2. The molecule has 0 spiro atoms. The predicted molar refractivity (Wildman–Crippen MR) is 82.7 cm³/mol. The van der Waals surface area contributed by atoms with E-state index in [-0.39, 0.29) is 5.69 Å². The molecule has 0 bridgehead atoms. The summed E-state index contributed by atoms with van der Waals surface area (Å²) >= 11 is 0. The minimum Gasteiger partial charge on any atom is -0.355 e. The lowest BCUT2D eigenvalue weighted by Crippen LogP contribution is -2.40. The Morgan fingerprint density at radius 3 is 2.59 bits per heavy atom. The average molecular weight is 305 g/mol. The van der Waals surface area contributed by atoms with Gasteiger partial charge in [-0.15, -0.1) is 0 Å². The Morgan fingerprint density at radius 1 is 1.32 bits per heavy atom. The van der Waals surface area contributed by atoms with Gasteiger partial charge in [0.1, 0.15) is 12.4 Å². The summed E-state index contributed by atoms with van der Waals surface area (Å²) in [7, 11) is 1.70. The second-order valence-corrected chi connectivity index (χ2v) is 4.57. The van der Waals surface area contributed by atoms with Gasteiger partial charge in [0, 0.05) is 39.1 Å². The fraction of sp³-hybridized carbons (Fsp3) is 0.385. The highest BCUT2D eigenvalue weighted by Crippen LogP contribution is 2.06. The van der Waals surface area contributed by atoms with Gasteiger partial charge in [0.2, 0.25) is 0 Å². The molecule has 0 saturated heterocycles. The van der Waals surface area contributed by atoms with Gasteiger partial charge in [0.05, 0.1) is 11.5 Å². The highest BCUT2D eigenvalue weighted by Gasteiger charge is 2.08. The molecule has 9 nitrogen and oxygen atoms in total. The molecule has 0 aliphatic heterocycles. The lowest BCUT2D eigenvalue weighted by molar-refractivity contribution is -0.385. The number of nitro groups is 1. The number of nitrogens with one attached hydrogen (secondary N) is 2. The minimum absolute atomic E-state index is 0.00534. The Balaban J connectivity index is 1.68. The van der Waals surface area contributed by atoms with Crippen molar-refractivity contribution >= 4 is 11.6 Å². The first kappa shape index (κ1) is 15.5. The third kappa shape index (κ3) is 4.62. The van der Waals surface area contributed by atoms with Crippen molar-refractivity contribution in [2.24, 2.45) is 4.99 Å². The van der Waals surface area contributed by atoms with E-state index >= 15 is 0 Å². The Kier molecular flexibility index (Phi) is 5.52. The second kappa shape index (κ2) is 7.81. The molecule has 22 heavy (non-hydrogen) atoms. The summed E-state index contributed by atoms with van der Waals surface area (Å²) in [6.07, 6.45) is 6.65. The highest BCUT2D eigenvalue weighted by molar-refractivity contribution is 5.79. The van der Waals surface area contributed by atoms with Gasteiger partial charge >= 0.3 is 5.69 Å². The Bertz CT molecular complexity index is 618. The normalized spacial score (nSPS) is 11.4. The lowest BCUT2D eigenvalue weighted by Gasteiger charge is -2.12. The highest BCUT2D eigenvalue weighted by atomic mass is 16.6. The zero-order chi connectivity index (χ0) is 15.8. The van der Waals surface area contributed by atoms with Crippen molar-refractivity contribution < 1.29 is 4.92 Å². The Hall–Kier alpha value is -2.84. The summed E-state index contributed by atoms with van der Waals surface area (Å²) in [5.41, 5.74) is -0.00534. The number of aliphatic imine (C=N–C) groups is 1. The molecule has 0 unspecified atom stereocenters. The van der Waals surface area contributed by atoms with Crippen LogP contribution in [0, 0.1) is 10.1 Å². The van der Waals surface area contributed by atoms with Gasteiger partial charge < -0.3 is 15.2 Å². The van der Waals surface area contributed by atoms with Crippen LogP contribution in [-0.2, 0) is 13.1 Å². The maximum atomic E-state index is 10.6. The summed E-state index contributed by atoms with van der Waals surface area (Å²) in [5.74, 6) is 0.689. The molecule has 2 N–H and O–H groups in total. The molecule has 9 heteroatoms. The van der Waals surface area contributed by atoms with Crippen molar-refractivity contribution in [3.8, 4) is 0 Å². The number of guanidine groups is 1. The molecular weight excluding hydrogens is 286 g/mol. The van der Waals surface area contributed by atoms with Crippen LogP contribution < -0.4 is 10.6 Å². The molecule has 2 rings (SSSR count). The smallest absolute Gasteiger partial charge is 0.306 e. The van der Waals surface area contributed by atoms with Gasteiger partial charge in [-0.05, 0) is 12.1 Å². The third-order valence-corrected chi connectivity index (χ3v) is 3.02. The molecule has 2 aromatic rings. The first-order chi connectivity index (χ1) is 10.7. The first-order valence-corrected chi connectivity index (χ1v) is 6.91. The van der Waals surface area contributed by atoms with Gasteiger partial charge in [-0.2, -0.15) is 5.10 Å². The SMILES string of the molecule is CN=C(NCCn1cccc1)NCCn1cc([N+](=O)[O-])cn1. The number of hydrogen-bond acceptors (Lipinski definition) is 4. The number of rotatable bonds is 7. The van der Waals surface area contributed by atoms with E-state index in [9.17, 15) is 10.1 Å². The molecule has 0 aliphatic carbocycles. The standard InChI is InChI=1S/C13H19N7O2/c1-14-13(15-4-8-18-6-2-3-7-18)16-5-9-19-11-12(10-17-19)20(21)22/h2-3,6-7,10-11H,4-5,8-9H2,1H3,(H2,14,15,16).